The molecule has 0 aliphatic heterocycles. The molecule has 3 rings (SSSR count). The smallest absolute Gasteiger partial charge is 0.0492 e. The number of nitrogens with two attached hydrogens (primary N) is 1. The van der Waals surface area contributed by atoms with E-state index >= 15 is 0 Å². The van der Waals surface area contributed by atoms with Crippen molar-refractivity contribution in [2.24, 2.45) is 12.8 Å². The minimum atomic E-state index is -0.0368. The summed E-state index contributed by atoms with van der Waals surface area (Å²) in [4.78, 5) is 0. The third-order valence-electron chi connectivity index (χ3n) is 3.31. The van der Waals surface area contributed by atoms with E-state index in [0.29, 0.717) is 0 Å². The van der Waals surface area contributed by atoms with E-state index < -0.39 is 0 Å². The molecule has 2 N–H and O–H groups in total. The molecule has 0 unspecified atom stereocenters. The van der Waals surface area contributed by atoms with Gasteiger partial charge >= 0.3 is 0 Å². The highest BCUT2D eigenvalue weighted by Gasteiger charge is 2.40. The highest BCUT2D eigenvalue weighted by Crippen LogP contribution is 2.43. The van der Waals surface area contributed by atoms with Crippen LogP contribution in [0.15, 0.2) is 28.9 Å². The molecule has 78 valence electrons. The van der Waals surface area contributed by atoms with E-state index in [2.05, 4.69) is 51.9 Å². The lowest BCUT2D eigenvalue weighted by atomic mass is 10.0. The Hall–Kier alpha value is -0.800. The van der Waals surface area contributed by atoms with Crippen molar-refractivity contribution in [1.82, 2.24) is 4.57 Å². The second kappa shape index (κ2) is 2.86. The number of benzene rings is 1. The first-order chi connectivity index (χ1) is 7.10. The first kappa shape index (κ1) is 9.43. The third-order valence-corrected chi connectivity index (χ3v) is 3.94. The molecular weight excluding hydrogens is 252 g/mol. The summed E-state index contributed by atoms with van der Waals surface area (Å²) in [7, 11) is 2.06. The van der Waals surface area contributed by atoms with Gasteiger partial charge in [0.05, 0.1) is 0 Å². The van der Waals surface area contributed by atoms with E-state index in [4.69, 9.17) is 5.73 Å². The van der Waals surface area contributed by atoms with Crippen LogP contribution >= 0.6 is 15.9 Å². The van der Waals surface area contributed by atoms with Crippen LogP contribution in [0.25, 0.3) is 10.9 Å². The lowest BCUT2D eigenvalue weighted by molar-refractivity contribution is 0.740. The quantitative estimate of drug-likeness (QED) is 0.844. The predicted octanol–water partition coefficient (Wildman–Crippen LogP) is 2.89. The van der Waals surface area contributed by atoms with Crippen LogP contribution in [-0.4, -0.2) is 4.57 Å². The fraction of sp³-hybridized carbons (Fsp3) is 0.333. The van der Waals surface area contributed by atoms with Crippen molar-refractivity contribution >= 4 is 26.8 Å². The summed E-state index contributed by atoms with van der Waals surface area (Å²) in [5.41, 5.74) is 8.67. The molecule has 0 amide bonds. The maximum absolute atomic E-state index is 6.19. The molecule has 1 fully saturated rings. The van der Waals surface area contributed by atoms with Gasteiger partial charge in [-0.15, -0.1) is 0 Å². The SMILES string of the molecule is Cn1cc(Br)c2ccc(C3(N)CC3)cc21. The maximum atomic E-state index is 6.19. The van der Waals surface area contributed by atoms with Gasteiger partial charge in [0.15, 0.2) is 0 Å². The number of aryl methyl sites for hydroxylation is 1. The zero-order valence-electron chi connectivity index (χ0n) is 8.63. The summed E-state index contributed by atoms with van der Waals surface area (Å²) in [6, 6.07) is 6.52. The zero-order chi connectivity index (χ0) is 10.6. The van der Waals surface area contributed by atoms with Gasteiger partial charge < -0.3 is 10.3 Å². The first-order valence-electron chi connectivity index (χ1n) is 5.14. The molecule has 1 aromatic heterocycles. The predicted molar refractivity (Wildman–Crippen MR) is 65.7 cm³/mol. The molecule has 0 bridgehead atoms. The van der Waals surface area contributed by atoms with Gasteiger partial charge in [0.2, 0.25) is 0 Å². The molecule has 1 aliphatic rings. The Morgan fingerprint density at radius 3 is 2.80 bits per heavy atom. The number of fused-ring (bicyclic) bond motifs is 1. The van der Waals surface area contributed by atoms with Gasteiger partial charge in [0, 0.05) is 34.2 Å². The Kier molecular flexibility index (Phi) is 1.80. The van der Waals surface area contributed by atoms with Gasteiger partial charge in [0.1, 0.15) is 0 Å². The van der Waals surface area contributed by atoms with Crippen molar-refractivity contribution < 1.29 is 0 Å². The molecule has 0 radical (unpaired) electrons. The van der Waals surface area contributed by atoms with Crippen LogP contribution in [0.3, 0.4) is 0 Å². The first-order valence-corrected chi connectivity index (χ1v) is 5.93. The molecule has 1 aliphatic carbocycles. The summed E-state index contributed by atoms with van der Waals surface area (Å²) in [6.45, 7) is 0. The summed E-state index contributed by atoms with van der Waals surface area (Å²) >= 11 is 3.56. The molecule has 1 heterocycles. The third kappa shape index (κ3) is 1.34. The maximum Gasteiger partial charge on any atom is 0.0492 e. The van der Waals surface area contributed by atoms with Crippen molar-refractivity contribution in [2.75, 3.05) is 0 Å². The van der Waals surface area contributed by atoms with Crippen LogP contribution in [0.2, 0.25) is 0 Å². The molecular formula is C12H13BrN2. The number of hydrogen-bond donors (Lipinski definition) is 1. The van der Waals surface area contributed by atoms with E-state index in [1.807, 2.05) is 0 Å². The van der Waals surface area contributed by atoms with E-state index in [0.717, 1.165) is 17.3 Å². The summed E-state index contributed by atoms with van der Waals surface area (Å²) in [5.74, 6) is 0. The molecule has 3 heteroatoms. The standard InChI is InChI=1S/C12H13BrN2/c1-15-7-10(13)9-3-2-8(6-11(9)15)12(14)4-5-12/h2-3,6-7H,4-5,14H2,1H3. The number of halogens is 1. The van der Waals surface area contributed by atoms with E-state index in [9.17, 15) is 0 Å². The highest BCUT2D eigenvalue weighted by atomic mass is 79.9. The molecule has 0 atom stereocenters. The number of aromatic nitrogens is 1. The van der Waals surface area contributed by atoms with Gasteiger partial charge in [-0.1, -0.05) is 12.1 Å². The van der Waals surface area contributed by atoms with Crippen molar-refractivity contribution in [2.45, 2.75) is 18.4 Å². The molecule has 0 saturated heterocycles. The topological polar surface area (TPSA) is 30.9 Å². The minimum absolute atomic E-state index is 0.0368. The van der Waals surface area contributed by atoms with Crippen LogP contribution in [0.4, 0.5) is 0 Å². The summed E-state index contributed by atoms with van der Waals surface area (Å²) in [5, 5.41) is 1.26. The van der Waals surface area contributed by atoms with Crippen LogP contribution in [-0.2, 0) is 12.6 Å². The monoisotopic (exact) mass is 264 g/mol. The van der Waals surface area contributed by atoms with Gasteiger partial charge in [-0.25, -0.2) is 0 Å². The Balaban J connectivity index is 2.25. The van der Waals surface area contributed by atoms with Crippen molar-refractivity contribution in [3.05, 3.63) is 34.4 Å². The second-order valence-corrected chi connectivity index (χ2v) is 5.33. The summed E-state index contributed by atoms with van der Waals surface area (Å²) < 4.78 is 3.28. The van der Waals surface area contributed by atoms with Gasteiger partial charge in [-0.2, -0.15) is 0 Å². The minimum Gasteiger partial charge on any atom is -0.349 e. The molecule has 1 saturated carbocycles. The van der Waals surface area contributed by atoms with Gasteiger partial charge in [-0.05, 0) is 40.4 Å². The van der Waals surface area contributed by atoms with E-state index in [-0.39, 0.29) is 5.54 Å². The molecule has 0 spiro atoms. The van der Waals surface area contributed by atoms with Crippen molar-refractivity contribution in [1.29, 1.82) is 0 Å². The van der Waals surface area contributed by atoms with Crippen molar-refractivity contribution in [3.8, 4) is 0 Å². The lowest BCUT2D eigenvalue weighted by Gasteiger charge is -2.09. The fourth-order valence-corrected chi connectivity index (χ4v) is 2.71. The Morgan fingerprint density at radius 1 is 1.40 bits per heavy atom. The Bertz CT molecular complexity index is 538. The fourth-order valence-electron chi connectivity index (χ4n) is 2.07. The molecule has 2 aromatic rings. The van der Waals surface area contributed by atoms with Crippen LogP contribution in [0.5, 0.6) is 0 Å². The van der Waals surface area contributed by atoms with Gasteiger partial charge in [0.25, 0.3) is 0 Å². The number of hydrogen-bond acceptors (Lipinski definition) is 1. The van der Waals surface area contributed by atoms with E-state index in [1.54, 1.807) is 0 Å². The van der Waals surface area contributed by atoms with Crippen molar-refractivity contribution in [3.63, 3.8) is 0 Å². The summed E-state index contributed by atoms with van der Waals surface area (Å²) in [6.07, 6.45) is 4.32. The Labute approximate surface area is 97.2 Å². The van der Waals surface area contributed by atoms with Crippen LogP contribution in [0.1, 0.15) is 18.4 Å². The normalized spacial score (nSPS) is 18.3. The van der Waals surface area contributed by atoms with Crippen LogP contribution < -0.4 is 5.73 Å². The number of rotatable bonds is 1. The average Bonchev–Trinajstić information content (AvgIpc) is 2.90. The largest absolute Gasteiger partial charge is 0.349 e. The van der Waals surface area contributed by atoms with Crippen LogP contribution in [0, 0.1) is 0 Å². The zero-order valence-corrected chi connectivity index (χ0v) is 10.2. The second-order valence-electron chi connectivity index (χ2n) is 4.48. The van der Waals surface area contributed by atoms with Gasteiger partial charge in [-0.3, -0.25) is 0 Å². The molecule has 15 heavy (non-hydrogen) atoms. The molecule has 1 aromatic carbocycles. The Morgan fingerprint density at radius 2 is 2.13 bits per heavy atom. The van der Waals surface area contributed by atoms with E-state index in [1.165, 1.54) is 16.5 Å². The number of nitrogens with zero attached hydrogens (tertiary/aromatic N) is 1. The highest BCUT2D eigenvalue weighted by molar-refractivity contribution is 9.10. The average molecular weight is 265 g/mol. The molecule has 2 nitrogen and oxygen atoms in total. The lowest BCUT2D eigenvalue weighted by Crippen LogP contribution is -2.18.